The molecule has 6 rings (SSSR count). The number of ether oxygens (including phenoxy) is 1. The van der Waals surface area contributed by atoms with Gasteiger partial charge < -0.3 is 25.6 Å². The van der Waals surface area contributed by atoms with Crippen LogP contribution in [0.15, 0.2) is 71.8 Å². The standard InChI is InChI=1S/C29H27N5O4S/c1-29-11-23(27(36)32-13-21-10-18(16-39-21)26(30)31)34(24(29)12-29)25(35)15-33-14-17-9-20(7-8-22(17)28(33)37)38-19-5-3-2-4-6-19/h2-10,12,16,23H,11,13-15H2,1H3,(H3,30,31)(H,32,36)/t23-,29+/m0/s1. The lowest BCUT2D eigenvalue weighted by Crippen LogP contribution is -2.48. The van der Waals surface area contributed by atoms with Crippen LogP contribution in [0.3, 0.4) is 0 Å². The Balaban J connectivity index is 1.11. The summed E-state index contributed by atoms with van der Waals surface area (Å²) in [7, 11) is 0. The highest BCUT2D eigenvalue weighted by molar-refractivity contribution is 7.10. The third-order valence-corrected chi connectivity index (χ3v) is 8.32. The molecule has 0 saturated carbocycles. The topological polar surface area (TPSA) is 129 Å². The van der Waals surface area contributed by atoms with Gasteiger partial charge in [-0.1, -0.05) is 31.2 Å². The molecule has 1 aromatic heterocycles. The molecule has 9 nitrogen and oxygen atoms in total. The molecule has 0 radical (unpaired) electrons. The molecule has 1 fully saturated rings. The molecule has 0 bridgehead atoms. The first kappa shape index (κ1) is 24.9. The van der Waals surface area contributed by atoms with Gasteiger partial charge in [0.15, 0.2) is 0 Å². The fraction of sp³-hybridized carbons (Fsp3) is 0.241. The summed E-state index contributed by atoms with van der Waals surface area (Å²) in [6.07, 6.45) is 2.51. The van der Waals surface area contributed by atoms with Gasteiger partial charge in [0, 0.05) is 39.0 Å². The van der Waals surface area contributed by atoms with Crippen LogP contribution in [0.4, 0.5) is 0 Å². The van der Waals surface area contributed by atoms with Crippen LogP contribution in [-0.2, 0) is 22.7 Å². The van der Waals surface area contributed by atoms with E-state index in [0.717, 1.165) is 16.1 Å². The number of hydrogen-bond donors (Lipinski definition) is 3. The van der Waals surface area contributed by atoms with E-state index < -0.39 is 6.04 Å². The van der Waals surface area contributed by atoms with Gasteiger partial charge in [0.1, 0.15) is 29.9 Å². The third kappa shape index (κ3) is 4.67. The Bertz CT molecular complexity index is 1550. The van der Waals surface area contributed by atoms with E-state index in [1.165, 1.54) is 16.2 Å². The zero-order valence-corrected chi connectivity index (χ0v) is 22.1. The summed E-state index contributed by atoms with van der Waals surface area (Å²) in [6.45, 7) is 2.48. The molecule has 0 unspecified atom stereocenters. The average molecular weight is 542 g/mol. The number of nitrogens with two attached hydrogens (primary N) is 1. The van der Waals surface area contributed by atoms with E-state index in [4.69, 9.17) is 15.9 Å². The first-order chi connectivity index (χ1) is 18.7. The van der Waals surface area contributed by atoms with Gasteiger partial charge in [0.25, 0.3) is 5.91 Å². The van der Waals surface area contributed by atoms with Crippen molar-refractivity contribution in [3.05, 3.63) is 93.3 Å². The molecule has 3 heterocycles. The summed E-state index contributed by atoms with van der Waals surface area (Å²) >= 11 is 1.41. The Morgan fingerprint density at radius 1 is 1.18 bits per heavy atom. The first-order valence-corrected chi connectivity index (χ1v) is 13.5. The molecule has 3 aromatic rings. The second kappa shape index (κ2) is 9.39. The van der Waals surface area contributed by atoms with Crippen LogP contribution in [0.25, 0.3) is 0 Å². The number of nitrogens with one attached hydrogen (secondary N) is 2. The van der Waals surface area contributed by atoms with Crippen molar-refractivity contribution in [2.75, 3.05) is 6.54 Å². The minimum Gasteiger partial charge on any atom is -0.457 e. The maximum Gasteiger partial charge on any atom is 0.254 e. The van der Waals surface area contributed by atoms with Crippen LogP contribution in [0.2, 0.25) is 0 Å². The fourth-order valence-corrected chi connectivity index (χ4v) is 6.10. The van der Waals surface area contributed by atoms with Gasteiger partial charge in [0.05, 0.1) is 6.54 Å². The molecule has 4 N–H and O–H groups in total. The number of amidine groups is 1. The molecule has 39 heavy (non-hydrogen) atoms. The maximum atomic E-state index is 13.5. The van der Waals surface area contributed by atoms with Gasteiger partial charge in [-0.3, -0.25) is 19.8 Å². The molecule has 198 valence electrons. The molecule has 3 amide bonds. The molecule has 1 aliphatic carbocycles. The van der Waals surface area contributed by atoms with Crippen molar-refractivity contribution in [1.82, 2.24) is 15.1 Å². The van der Waals surface area contributed by atoms with Crippen LogP contribution in [-0.4, -0.2) is 45.9 Å². The molecular weight excluding hydrogens is 514 g/mol. The van der Waals surface area contributed by atoms with Crippen molar-refractivity contribution in [1.29, 1.82) is 5.41 Å². The SMILES string of the molecule is C[C@@]12C=C1N(C(=O)CN1Cc3cc(Oc4ccccc4)ccc3C1=O)[C@H](C(=O)NCc1cc(C(=N)N)cs1)C2. The second-order valence-electron chi connectivity index (χ2n) is 10.3. The number of nitrogens with zero attached hydrogens (tertiary/aromatic N) is 2. The van der Waals surface area contributed by atoms with Gasteiger partial charge in [-0.25, -0.2) is 0 Å². The molecule has 2 atom stereocenters. The van der Waals surface area contributed by atoms with Gasteiger partial charge >= 0.3 is 0 Å². The van der Waals surface area contributed by atoms with Crippen molar-refractivity contribution in [2.24, 2.45) is 11.1 Å². The van der Waals surface area contributed by atoms with E-state index in [0.29, 0.717) is 42.1 Å². The van der Waals surface area contributed by atoms with Crippen LogP contribution < -0.4 is 15.8 Å². The number of carbonyl (C=O) groups is 3. The van der Waals surface area contributed by atoms with Crippen LogP contribution in [0.1, 0.15) is 39.7 Å². The Labute approximate surface area is 229 Å². The quantitative estimate of drug-likeness (QED) is 0.297. The van der Waals surface area contributed by atoms with Crippen LogP contribution in [0, 0.1) is 10.8 Å². The van der Waals surface area contributed by atoms with Crippen LogP contribution in [0.5, 0.6) is 11.5 Å². The lowest BCUT2D eigenvalue weighted by atomic mass is 10.00. The number of likely N-dealkylation sites (tertiary alicyclic amines) is 1. The lowest BCUT2D eigenvalue weighted by molar-refractivity contribution is -0.137. The van der Waals surface area contributed by atoms with E-state index in [1.807, 2.05) is 49.4 Å². The lowest BCUT2D eigenvalue weighted by Gasteiger charge is -2.26. The van der Waals surface area contributed by atoms with Crippen molar-refractivity contribution < 1.29 is 19.1 Å². The summed E-state index contributed by atoms with van der Waals surface area (Å²) in [5.41, 5.74) is 8.07. The predicted molar refractivity (Wildman–Crippen MR) is 146 cm³/mol. The molecule has 2 aliphatic heterocycles. The zero-order chi connectivity index (χ0) is 27.3. The minimum absolute atomic E-state index is 0.0186. The largest absolute Gasteiger partial charge is 0.457 e. The average Bonchev–Trinajstić information content (AvgIpc) is 3.22. The van der Waals surface area contributed by atoms with Gasteiger partial charge in [-0.15, -0.1) is 11.3 Å². The predicted octanol–water partition coefficient (Wildman–Crippen LogP) is 3.60. The fourth-order valence-electron chi connectivity index (χ4n) is 5.27. The van der Waals surface area contributed by atoms with E-state index in [2.05, 4.69) is 5.32 Å². The number of thiophene rings is 1. The molecule has 10 heteroatoms. The molecule has 1 saturated heterocycles. The minimum atomic E-state index is -0.638. The number of rotatable bonds is 8. The summed E-state index contributed by atoms with van der Waals surface area (Å²) in [4.78, 5) is 43.7. The second-order valence-corrected chi connectivity index (χ2v) is 11.3. The number of allylic oxidation sites excluding steroid dienone is 2. The number of benzene rings is 2. The number of hydrogen-bond acceptors (Lipinski definition) is 6. The molecule has 0 spiro atoms. The van der Waals surface area contributed by atoms with E-state index in [-0.39, 0.29) is 35.5 Å². The maximum absolute atomic E-state index is 13.5. The van der Waals surface area contributed by atoms with Crippen molar-refractivity contribution in [3.8, 4) is 11.5 Å². The van der Waals surface area contributed by atoms with E-state index >= 15 is 0 Å². The highest BCUT2D eigenvalue weighted by Gasteiger charge is 2.57. The monoisotopic (exact) mass is 541 g/mol. The highest BCUT2D eigenvalue weighted by atomic mass is 32.1. The summed E-state index contributed by atoms with van der Waals surface area (Å²) in [5, 5.41) is 12.2. The Morgan fingerprint density at radius 3 is 2.72 bits per heavy atom. The van der Waals surface area contributed by atoms with Crippen LogP contribution >= 0.6 is 11.3 Å². The first-order valence-electron chi connectivity index (χ1n) is 12.6. The van der Waals surface area contributed by atoms with Gasteiger partial charge in [-0.2, -0.15) is 0 Å². The highest BCUT2D eigenvalue weighted by Crippen LogP contribution is 2.56. The molecular formula is C29H27N5O4S. The Kier molecular flexibility index (Phi) is 5.99. The number of para-hydroxylation sites is 1. The van der Waals surface area contributed by atoms with E-state index in [9.17, 15) is 14.4 Å². The number of amides is 3. The van der Waals surface area contributed by atoms with Crippen molar-refractivity contribution in [2.45, 2.75) is 32.5 Å². The van der Waals surface area contributed by atoms with E-state index in [1.54, 1.807) is 28.5 Å². The summed E-state index contributed by atoms with van der Waals surface area (Å²) in [5.74, 6) is 0.573. The van der Waals surface area contributed by atoms with Gasteiger partial charge in [-0.05, 0) is 48.4 Å². The number of carbonyl (C=O) groups excluding carboxylic acids is 3. The summed E-state index contributed by atoms with van der Waals surface area (Å²) < 4.78 is 5.90. The smallest absolute Gasteiger partial charge is 0.254 e. The van der Waals surface area contributed by atoms with Gasteiger partial charge in [0.2, 0.25) is 11.8 Å². The molecule has 3 aliphatic rings. The summed E-state index contributed by atoms with van der Waals surface area (Å²) in [6, 6.07) is 15.9. The Morgan fingerprint density at radius 2 is 1.97 bits per heavy atom. The normalized spacial score (nSPS) is 20.8. The number of fused-ring (bicyclic) bond motifs is 2. The molecule has 2 aromatic carbocycles. The number of nitrogen functional groups attached to an aromatic ring is 1. The van der Waals surface area contributed by atoms with Crippen molar-refractivity contribution >= 4 is 34.9 Å². The Hall–Kier alpha value is -4.44. The third-order valence-electron chi connectivity index (χ3n) is 7.38. The van der Waals surface area contributed by atoms with Crippen molar-refractivity contribution in [3.63, 3.8) is 0 Å². The zero-order valence-electron chi connectivity index (χ0n) is 21.3.